The molecule has 1 heterocycles. The molecule has 1 saturated heterocycles. The van der Waals surface area contributed by atoms with Crippen molar-refractivity contribution in [2.24, 2.45) is 5.73 Å². The summed E-state index contributed by atoms with van der Waals surface area (Å²) in [4.78, 5) is 49.8. The van der Waals surface area contributed by atoms with Crippen molar-refractivity contribution in [1.82, 2.24) is 10.6 Å². The van der Waals surface area contributed by atoms with E-state index < -0.39 is 66.2 Å². The molecule has 272 valence electrons. The van der Waals surface area contributed by atoms with Crippen LogP contribution in [0, 0.1) is 0 Å². The minimum Gasteiger partial charge on any atom is -0.467 e. The van der Waals surface area contributed by atoms with Crippen molar-refractivity contribution in [1.29, 1.82) is 0 Å². The molecule has 1 aliphatic rings. The number of benzene rings is 1. The summed E-state index contributed by atoms with van der Waals surface area (Å²) in [5.41, 5.74) is 6.15. The maximum absolute atomic E-state index is 13.4. The van der Waals surface area contributed by atoms with Crippen molar-refractivity contribution < 1.29 is 52.7 Å². The molecular weight excluding hydrogens is 628 g/mol. The number of carbonyl (C=O) groups excluding carboxylic acids is 4. The number of aliphatic hydroxyl groups is 1. The van der Waals surface area contributed by atoms with Crippen LogP contribution < -0.4 is 21.7 Å². The van der Waals surface area contributed by atoms with E-state index >= 15 is 0 Å². The van der Waals surface area contributed by atoms with Gasteiger partial charge >= 0.3 is 18.1 Å². The number of ether oxygens (including phenoxy) is 6. The molecule has 0 bridgehead atoms. The molecule has 0 aromatic heterocycles. The van der Waals surface area contributed by atoms with Crippen LogP contribution in [0.2, 0.25) is 0 Å². The number of primary amides is 1. The highest BCUT2D eigenvalue weighted by Gasteiger charge is 2.50. The second-order valence-electron chi connectivity index (χ2n) is 12.2. The fourth-order valence-corrected chi connectivity index (χ4v) is 5.46. The summed E-state index contributed by atoms with van der Waals surface area (Å²) in [7, 11) is 1.28. The molecule has 1 fully saturated rings. The summed E-state index contributed by atoms with van der Waals surface area (Å²) >= 11 is 0. The zero-order valence-electron chi connectivity index (χ0n) is 29.2. The summed E-state index contributed by atoms with van der Waals surface area (Å²) in [6.07, 6.45) is -2.99. The van der Waals surface area contributed by atoms with E-state index in [1.54, 1.807) is 39.0 Å². The number of carbonyl (C=O) groups is 4. The van der Waals surface area contributed by atoms with Crippen molar-refractivity contribution in [3.63, 3.8) is 0 Å². The van der Waals surface area contributed by atoms with Gasteiger partial charge in [-0.25, -0.2) is 14.4 Å². The lowest BCUT2D eigenvalue weighted by Crippen LogP contribution is -2.62. The van der Waals surface area contributed by atoms with Crippen molar-refractivity contribution in [3.8, 4) is 0 Å². The van der Waals surface area contributed by atoms with Crippen LogP contribution in [0.3, 0.4) is 0 Å². The van der Waals surface area contributed by atoms with Gasteiger partial charge in [-0.05, 0) is 90.5 Å². The maximum Gasteiger partial charge on any atom is 0.408 e. The zero-order chi connectivity index (χ0) is 35.9. The summed E-state index contributed by atoms with van der Waals surface area (Å²) in [6, 6.07) is 3.41. The average Bonchev–Trinajstić information content (AvgIpc) is 3.02. The molecule has 0 unspecified atom stereocenters. The van der Waals surface area contributed by atoms with Crippen LogP contribution in [0.4, 0.5) is 15.3 Å². The Morgan fingerprint density at radius 1 is 0.979 bits per heavy atom. The summed E-state index contributed by atoms with van der Waals surface area (Å²) in [5.74, 6) is -1.09. The fourth-order valence-electron chi connectivity index (χ4n) is 5.46. The largest absolute Gasteiger partial charge is 0.467 e. The smallest absolute Gasteiger partial charge is 0.408 e. The van der Waals surface area contributed by atoms with E-state index in [0.29, 0.717) is 50.3 Å². The van der Waals surface area contributed by atoms with Crippen molar-refractivity contribution in [2.45, 2.75) is 116 Å². The Bertz CT molecular complexity index is 1190. The summed E-state index contributed by atoms with van der Waals surface area (Å²) in [6.45, 7) is 11.7. The van der Waals surface area contributed by atoms with Gasteiger partial charge in [0.05, 0.1) is 19.8 Å². The summed E-state index contributed by atoms with van der Waals surface area (Å²) < 4.78 is 34.7. The van der Waals surface area contributed by atoms with Gasteiger partial charge in [-0.2, -0.15) is 0 Å². The van der Waals surface area contributed by atoms with Crippen LogP contribution in [0.5, 0.6) is 0 Å². The normalized spacial score (nSPS) is 21.5. The Morgan fingerprint density at radius 2 is 1.62 bits per heavy atom. The van der Waals surface area contributed by atoms with Crippen LogP contribution in [0.15, 0.2) is 18.2 Å². The molecule has 4 amide bonds. The highest BCUT2D eigenvalue weighted by Crippen LogP contribution is 2.32. The maximum atomic E-state index is 13.4. The Balaban J connectivity index is 2.29. The van der Waals surface area contributed by atoms with E-state index in [4.69, 9.17) is 34.2 Å². The van der Waals surface area contributed by atoms with Gasteiger partial charge in [0.1, 0.15) is 30.0 Å². The number of alkyl carbamates (subject to hydrolysis) is 1. The van der Waals surface area contributed by atoms with E-state index in [1.807, 2.05) is 20.8 Å². The molecule has 1 aliphatic heterocycles. The molecular formula is C33H54N4O11. The number of methoxy groups -OCH3 is 1. The van der Waals surface area contributed by atoms with Gasteiger partial charge in [-0.3, -0.25) is 4.79 Å². The van der Waals surface area contributed by atoms with E-state index in [1.165, 1.54) is 7.11 Å². The topological polar surface area (TPSA) is 206 Å². The Labute approximate surface area is 282 Å². The second kappa shape index (κ2) is 20.1. The number of hydrogen-bond donors (Lipinski definition) is 5. The molecule has 6 N–H and O–H groups in total. The first-order valence-electron chi connectivity index (χ1n) is 16.4. The van der Waals surface area contributed by atoms with E-state index in [9.17, 15) is 24.3 Å². The number of hydrogen-bond acceptors (Lipinski definition) is 11. The monoisotopic (exact) mass is 682 g/mol. The van der Waals surface area contributed by atoms with Gasteiger partial charge in [0.15, 0.2) is 6.10 Å². The molecule has 6 atom stereocenters. The first-order chi connectivity index (χ1) is 22.8. The highest BCUT2D eigenvalue weighted by atomic mass is 16.6. The van der Waals surface area contributed by atoms with Gasteiger partial charge in [0.25, 0.3) is 0 Å². The first kappa shape index (κ1) is 40.7. The van der Waals surface area contributed by atoms with Crippen LogP contribution >= 0.6 is 0 Å². The lowest BCUT2D eigenvalue weighted by molar-refractivity contribution is -0.257. The van der Waals surface area contributed by atoms with Gasteiger partial charge in [-0.1, -0.05) is 6.07 Å². The zero-order valence-corrected chi connectivity index (χ0v) is 29.2. The van der Waals surface area contributed by atoms with Crippen molar-refractivity contribution in [2.75, 3.05) is 38.8 Å². The van der Waals surface area contributed by atoms with E-state index in [2.05, 4.69) is 16.0 Å². The van der Waals surface area contributed by atoms with Crippen LogP contribution in [-0.4, -0.2) is 105 Å². The highest BCUT2D eigenvalue weighted by molar-refractivity contribution is 5.96. The quantitative estimate of drug-likeness (QED) is 0.112. The molecule has 48 heavy (non-hydrogen) atoms. The van der Waals surface area contributed by atoms with Gasteiger partial charge in [-0.15, -0.1) is 0 Å². The van der Waals surface area contributed by atoms with Crippen LogP contribution in [0.1, 0.15) is 71.9 Å². The number of nitrogens with one attached hydrogen (secondary N) is 3. The average molecular weight is 683 g/mol. The standard InChI is InChI=1S/C33H54N4O11/c1-8-44-25-24(47-28(30(40)43-7)27(46-10-3)26(25)45-9-2)16-14-20-18-22(15-13-21(20)19-38)36-29(39)23(12-11-17-35-31(34)41)37-32(42)48-33(4,5)6/h13,15,18,23-28,38H,8-12,14,16-17,19H2,1-7H3,(H,36,39)(H,37,42)(H3,34,35,41)/t23-,24-,25-,26+,27-,28-/m0/s1. The third kappa shape index (κ3) is 12.8. The number of rotatable bonds is 18. The fraction of sp³-hybridized carbons (Fsp3) is 0.697. The number of urea groups is 1. The lowest BCUT2D eigenvalue weighted by Gasteiger charge is -2.45. The molecule has 0 radical (unpaired) electrons. The Kier molecular flexibility index (Phi) is 17.0. The van der Waals surface area contributed by atoms with Crippen LogP contribution in [-0.2, 0) is 51.0 Å². The Hall–Kier alpha value is -3.50. The van der Waals surface area contributed by atoms with Crippen molar-refractivity contribution >= 4 is 29.7 Å². The molecule has 1 aromatic rings. The summed E-state index contributed by atoms with van der Waals surface area (Å²) in [5, 5.41) is 18.0. The third-order valence-electron chi connectivity index (χ3n) is 7.46. The predicted molar refractivity (Wildman–Crippen MR) is 176 cm³/mol. The van der Waals surface area contributed by atoms with Crippen LogP contribution in [0.25, 0.3) is 0 Å². The SMILES string of the molecule is CCO[C@@H]1[C@@H](OCC)[C@H](CCc2cc(NC(=O)[C@H](CCCNC(N)=O)NC(=O)OC(C)(C)C)ccc2CO)O[C@H](C(=O)OC)[C@H]1OCC. The Morgan fingerprint density at radius 3 is 2.21 bits per heavy atom. The van der Waals surface area contributed by atoms with E-state index in [0.717, 1.165) is 5.56 Å². The van der Waals surface area contributed by atoms with Crippen molar-refractivity contribution in [3.05, 3.63) is 29.3 Å². The molecule has 0 saturated carbocycles. The minimum atomic E-state index is -1.04. The molecule has 15 heteroatoms. The number of amides is 4. The second-order valence-corrected chi connectivity index (χ2v) is 12.2. The molecule has 15 nitrogen and oxygen atoms in total. The lowest BCUT2D eigenvalue weighted by atomic mass is 9.90. The number of anilines is 1. The first-order valence-corrected chi connectivity index (χ1v) is 16.4. The molecule has 2 rings (SSSR count). The molecule has 0 spiro atoms. The molecule has 1 aromatic carbocycles. The number of aliphatic hydroxyl groups excluding tert-OH is 1. The number of esters is 1. The van der Waals surface area contributed by atoms with Gasteiger partial charge in [0, 0.05) is 32.1 Å². The minimum absolute atomic E-state index is 0.190. The van der Waals surface area contributed by atoms with E-state index in [-0.39, 0.29) is 19.6 Å². The third-order valence-corrected chi connectivity index (χ3v) is 7.46. The predicted octanol–water partition coefficient (Wildman–Crippen LogP) is 2.55. The number of nitrogens with two attached hydrogens (primary N) is 1. The van der Waals surface area contributed by atoms with Gasteiger partial charge < -0.3 is 55.2 Å². The number of aryl methyl sites for hydroxylation is 1. The van der Waals surface area contributed by atoms with Gasteiger partial charge in [0.2, 0.25) is 5.91 Å². The molecule has 0 aliphatic carbocycles.